The van der Waals surface area contributed by atoms with Crippen molar-refractivity contribution in [3.8, 4) is 0 Å². The lowest BCUT2D eigenvalue weighted by Gasteiger charge is -2.32. The van der Waals surface area contributed by atoms with Gasteiger partial charge in [0.2, 0.25) is 0 Å². The maximum atomic E-state index is 12.5. The average molecular weight is 347 g/mol. The van der Waals surface area contributed by atoms with Crippen molar-refractivity contribution in [2.75, 3.05) is 26.8 Å². The molecule has 1 fully saturated rings. The second kappa shape index (κ2) is 6.73. The molecule has 0 spiro atoms. The van der Waals surface area contributed by atoms with Gasteiger partial charge in [-0.2, -0.15) is 0 Å². The molecule has 0 saturated carbocycles. The average Bonchev–Trinajstić information content (AvgIpc) is 2.39. The van der Waals surface area contributed by atoms with Crippen LogP contribution < -0.4 is 0 Å². The molecule has 104 valence electrons. The van der Waals surface area contributed by atoms with E-state index in [2.05, 4.69) is 15.9 Å². The third-order valence-electron chi connectivity index (χ3n) is 3.37. The van der Waals surface area contributed by atoms with Crippen LogP contribution in [0.3, 0.4) is 0 Å². The smallest absolute Gasteiger partial charge is 0.255 e. The highest BCUT2D eigenvalue weighted by molar-refractivity contribution is 9.10. The van der Waals surface area contributed by atoms with Gasteiger partial charge < -0.3 is 9.64 Å². The fourth-order valence-corrected chi connectivity index (χ4v) is 3.31. The van der Waals surface area contributed by atoms with Gasteiger partial charge in [0, 0.05) is 29.7 Å². The number of halogens is 2. The third-order valence-corrected chi connectivity index (χ3v) is 4.26. The Kier molecular flexibility index (Phi) is 5.25. The van der Waals surface area contributed by atoms with Crippen molar-refractivity contribution in [3.05, 3.63) is 33.3 Å². The Morgan fingerprint density at radius 2 is 2.37 bits per heavy atom. The minimum absolute atomic E-state index is 0.0596. The molecule has 1 aliphatic rings. The Labute approximate surface area is 127 Å². The number of carbonyl (C=O) groups is 1. The van der Waals surface area contributed by atoms with E-state index < -0.39 is 0 Å². The zero-order valence-electron chi connectivity index (χ0n) is 10.9. The van der Waals surface area contributed by atoms with Gasteiger partial charge in [0.25, 0.3) is 5.91 Å². The molecule has 5 heteroatoms. The fraction of sp³-hybridized carbons (Fsp3) is 0.500. The molecule has 0 aromatic heterocycles. The summed E-state index contributed by atoms with van der Waals surface area (Å²) >= 11 is 9.30. The number of rotatable bonds is 3. The number of nitrogens with zero attached hydrogens (tertiary/aromatic N) is 1. The second-order valence-corrected chi connectivity index (χ2v) is 6.13. The molecule has 2 rings (SSSR count). The molecule has 0 aliphatic carbocycles. The van der Waals surface area contributed by atoms with Crippen molar-refractivity contribution in [1.82, 2.24) is 4.90 Å². The molecule has 1 aromatic rings. The fourth-order valence-electron chi connectivity index (χ4n) is 2.45. The maximum absolute atomic E-state index is 12.5. The first-order valence-electron chi connectivity index (χ1n) is 6.35. The topological polar surface area (TPSA) is 29.5 Å². The van der Waals surface area contributed by atoms with Gasteiger partial charge in [-0.15, -0.1) is 0 Å². The largest absolute Gasteiger partial charge is 0.384 e. The van der Waals surface area contributed by atoms with Crippen LogP contribution in [0.5, 0.6) is 0 Å². The highest BCUT2D eigenvalue weighted by Gasteiger charge is 2.25. The number of ether oxygens (including phenoxy) is 1. The van der Waals surface area contributed by atoms with E-state index in [9.17, 15) is 4.79 Å². The molecule has 19 heavy (non-hydrogen) atoms. The molecular weight excluding hydrogens is 330 g/mol. The van der Waals surface area contributed by atoms with Gasteiger partial charge in [0.15, 0.2) is 0 Å². The predicted octanol–water partition coefficient (Wildman–Crippen LogP) is 3.60. The number of amides is 1. The van der Waals surface area contributed by atoms with Gasteiger partial charge in [0.1, 0.15) is 0 Å². The molecule has 1 atom stereocenters. The van der Waals surface area contributed by atoms with Gasteiger partial charge >= 0.3 is 0 Å². The quantitative estimate of drug-likeness (QED) is 0.837. The summed E-state index contributed by atoms with van der Waals surface area (Å²) in [4.78, 5) is 14.4. The zero-order valence-corrected chi connectivity index (χ0v) is 13.2. The third kappa shape index (κ3) is 3.71. The van der Waals surface area contributed by atoms with Gasteiger partial charge in [-0.25, -0.2) is 0 Å². The second-order valence-electron chi connectivity index (χ2n) is 4.84. The molecule has 0 radical (unpaired) electrons. The van der Waals surface area contributed by atoms with Crippen molar-refractivity contribution >= 4 is 33.4 Å². The van der Waals surface area contributed by atoms with E-state index in [1.807, 2.05) is 4.90 Å². The first-order chi connectivity index (χ1) is 9.11. The molecular formula is C14H17BrClNO2. The van der Waals surface area contributed by atoms with Gasteiger partial charge in [0.05, 0.1) is 12.2 Å². The monoisotopic (exact) mass is 345 g/mol. The maximum Gasteiger partial charge on any atom is 0.255 e. The van der Waals surface area contributed by atoms with Crippen LogP contribution in [0.15, 0.2) is 22.7 Å². The first kappa shape index (κ1) is 14.8. The van der Waals surface area contributed by atoms with Crippen LogP contribution in [-0.4, -0.2) is 37.6 Å². The highest BCUT2D eigenvalue weighted by atomic mass is 79.9. The van der Waals surface area contributed by atoms with E-state index >= 15 is 0 Å². The van der Waals surface area contributed by atoms with Crippen LogP contribution in [-0.2, 0) is 4.74 Å². The predicted molar refractivity (Wildman–Crippen MR) is 79.7 cm³/mol. The van der Waals surface area contributed by atoms with Gasteiger partial charge in [-0.3, -0.25) is 4.79 Å². The molecule has 1 aliphatic heterocycles. The summed E-state index contributed by atoms with van der Waals surface area (Å²) in [5, 5.41) is 0.624. The number of hydrogen-bond acceptors (Lipinski definition) is 2. The van der Waals surface area contributed by atoms with E-state index in [1.165, 1.54) is 0 Å². The zero-order chi connectivity index (χ0) is 13.8. The Morgan fingerprint density at radius 1 is 1.58 bits per heavy atom. The number of benzene rings is 1. The summed E-state index contributed by atoms with van der Waals surface area (Å²) < 4.78 is 5.94. The number of likely N-dealkylation sites (tertiary alicyclic amines) is 1. The molecule has 1 heterocycles. The highest BCUT2D eigenvalue weighted by Crippen LogP contribution is 2.25. The van der Waals surface area contributed by atoms with Crippen LogP contribution in [0.2, 0.25) is 5.02 Å². The lowest BCUT2D eigenvalue weighted by atomic mass is 9.98. The van der Waals surface area contributed by atoms with E-state index in [-0.39, 0.29) is 5.91 Å². The molecule has 1 aromatic carbocycles. The molecule has 0 N–H and O–H groups in total. The van der Waals surface area contributed by atoms with Crippen molar-refractivity contribution in [1.29, 1.82) is 0 Å². The summed E-state index contributed by atoms with van der Waals surface area (Å²) in [6.45, 7) is 2.29. The number of methoxy groups -OCH3 is 1. The van der Waals surface area contributed by atoms with Crippen molar-refractivity contribution in [3.63, 3.8) is 0 Å². The molecule has 1 saturated heterocycles. The standard InChI is InChI=1S/C14H17BrClNO2/c1-19-9-10-3-2-6-17(8-10)14(18)12-5-4-11(16)7-13(12)15/h4-5,7,10H,2-3,6,8-9H2,1H3. The number of carbonyl (C=O) groups excluding carboxylic acids is 1. The van der Waals surface area contributed by atoms with E-state index in [0.29, 0.717) is 23.1 Å². The summed E-state index contributed by atoms with van der Waals surface area (Å²) in [5.41, 5.74) is 0.669. The van der Waals surface area contributed by atoms with Crippen LogP contribution in [0.1, 0.15) is 23.2 Å². The van der Waals surface area contributed by atoms with E-state index in [0.717, 1.165) is 30.4 Å². The minimum atomic E-state index is 0.0596. The number of piperidine rings is 1. The Hall–Kier alpha value is -0.580. The molecule has 1 unspecified atom stereocenters. The Bertz CT molecular complexity index is 465. The van der Waals surface area contributed by atoms with Crippen LogP contribution in [0.4, 0.5) is 0 Å². The van der Waals surface area contributed by atoms with Crippen molar-refractivity contribution in [2.45, 2.75) is 12.8 Å². The summed E-state index contributed by atoms with van der Waals surface area (Å²) in [6.07, 6.45) is 2.16. The normalized spacial score (nSPS) is 19.5. The van der Waals surface area contributed by atoms with Crippen molar-refractivity contribution in [2.24, 2.45) is 5.92 Å². The van der Waals surface area contributed by atoms with Crippen molar-refractivity contribution < 1.29 is 9.53 Å². The Balaban J connectivity index is 2.10. The molecule has 1 amide bonds. The molecule has 0 bridgehead atoms. The lowest BCUT2D eigenvalue weighted by molar-refractivity contribution is 0.0570. The Morgan fingerprint density at radius 3 is 3.05 bits per heavy atom. The number of hydrogen-bond donors (Lipinski definition) is 0. The first-order valence-corrected chi connectivity index (χ1v) is 7.52. The van der Waals surface area contributed by atoms with E-state index in [4.69, 9.17) is 16.3 Å². The van der Waals surface area contributed by atoms with Gasteiger partial charge in [-0.1, -0.05) is 11.6 Å². The van der Waals surface area contributed by atoms with E-state index in [1.54, 1.807) is 25.3 Å². The van der Waals surface area contributed by atoms with Gasteiger partial charge in [-0.05, 0) is 52.9 Å². The molecule has 3 nitrogen and oxygen atoms in total. The SMILES string of the molecule is COCC1CCCN(C(=O)c2ccc(Cl)cc2Br)C1. The summed E-state index contributed by atoms with van der Waals surface area (Å²) in [7, 11) is 1.70. The van der Waals surface area contributed by atoms with Crippen LogP contribution >= 0.6 is 27.5 Å². The minimum Gasteiger partial charge on any atom is -0.384 e. The lowest BCUT2D eigenvalue weighted by Crippen LogP contribution is -2.41. The van der Waals surface area contributed by atoms with Crippen LogP contribution in [0.25, 0.3) is 0 Å². The summed E-state index contributed by atoms with van der Waals surface area (Å²) in [6, 6.07) is 5.27. The summed E-state index contributed by atoms with van der Waals surface area (Å²) in [5.74, 6) is 0.498. The van der Waals surface area contributed by atoms with Crippen LogP contribution in [0, 0.1) is 5.92 Å².